The number of aromatic hydroxyl groups is 1. The molecule has 3 rings (SSSR count). The smallest absolute Gasteiger partial charge is 0.303 e. The Morgan fingerprint density at radius 1 is 0.872 bits per heavy atom. The zero-order valence-electron chi connectivity index (χ0n) is 26.6. The van der Waals surface area contributed by atoms with Crippen molar-refractivity contribution in [1.29, 1.82) is 0 Å². The van der Waals surface area contributed by atoms with Crippen LogP contribution in [0, 0.1) is 5.92 Å². The van der Waals surface area contributed by atoms with Crippen molar-refractivity contribution in [2.24, 2.45) is 17.4 Å². The van der Waals surface area contributed by atoms with Gasteiger partial charge >= 0.3 is 5.97 Å². The van der Waals surface area contributed by atoms with Crippen molar-refractivity contribution >= 4 is 35.5 Å². The highest BCUT2D eigenvalue weighted by molar-refractivity contribution is 5.96. The second-order valence-corrected chi connectivity index (χ2v) is 12.0. The molecule has 47 heavy (non-hydrogen) atoms. The number of carbonyl (C=O) groups is 6. The number of hydrogen-bond donors (Lipinski definition) is 7. The van der Waals surface area contributed by atoms with E-state index in [1.54, 1.807) is 56.3 Å². The first-order valence-corrected chi connectivity index (χ1v) is 15.6. The van der Waals surface area contributed by atoms with E-state index in [4.69, 9.17) is 16.6 Å². The number of rotatable bonds is 16. The molecule has 0 bridgehead atoms. The zero-order valence-corrected chi connectivity index (χ0v) is 26.6. The fourth-order valence-electron chi connectivity index (χ4n) is 5.42. The molecular formula is C33H44N6O8. The van der Waals surface area contributed by atoms with Gasteiger partial charge in [-0.3, -0.25) is 28.8 Å². The Morgan fingerprint density at radius 3 is 2.11 bits per heavy atom. The first-order valence-electron chi connectivity index (χ1n) is 15.6. The fourth-order valence-corrected chi connectivity index (χ4v) is 5.42. The molecule has 1 aliphatic heterocycles. The number of carboxylic acid groups (broad SMARTS) is 1. The lowest BCUT2D eigenvalue weighted by Gasteiger charge is -2.30. The van der Waals surface area contributed by atoms with Crippen LogP contribution < -0.4 is 27.4 Å². The molecule has 9 N–H and O–H groups in total. The number of nitrogens with zero attached hydrogens (tertiary/aromatic N) is 1. The average molecular weight is 653 g/mol. The van der Waals surface area contributed by atoms with Crippen LogP contribution in [0.1, 0.15) is 50.7 Å². The van der Waals surface area contributed by atoms with Gasteiger partial charge in [0.15, 0.2) is 0 Å². The minimum atomic E-state index is -1.26. The van der Waals surface area contributed by atoms with Gasteiger partial charge in [-0.2, -0.15) is 0 Å². The molecule has 0 spiro atoms. The number of nitrogens with two attached hydrogens (primary N) is 2. The van der Waals surface area contributed by atoms with Crippen molar-refractivity contribution in [2.45, 2.75) is 82.6 Å². The molecule has 254 valence electrons. The number of phenolic OH excluding ortho intramolecular Hbond substituents is 1. The highest BCUT2D eigenvalue weighted by atomic mass is 16.4. The van der Waals surface area contributed by atoms with E-state index in [2.05, 4.69) is 16.0 Å². The van der Waals surface area contributed by atoms with Crippen LogP contribution in [0.3, 0.4) is 0 Å². The summed E-state index contributed by atoms with van der Waals surface area (Å²) in [6.45, 7) is 3.67. The Morgan fingerprint density at radius 2 is 1.51 bits per heavy atom. The third-order valence-corrected chi connectivity index (χ3v) is 8.02. The number of phenols is 1. The number of primary amides is 1. The molecule has 14 nitrogen and oxygen atoms in total. The Kier molecular flexibility index (Phi) is 13.3. The first kappa shape index (κ1) is 36.5. The topological polar surface area (TPSA) is 234 Å². The van der Waals surface area contributed by atoms with Crippen molar-refractivity contribution in [3.8, 4) is 5.75 Å². The zero-order chi connectivity index (χ0) is 34.7. The molecule has 1 fully saturated rings. The Balaban J connectivity index is 1.75. The molecule has 0 aromatic heterocycles. The summed E-state index contributed by atoms with van der Waals surface area (Å²) in [7, 11) is 0. The summed E-state index contributed by atoms with van der Waals surface area (Å²) in [5, 5.41) is 26.4. The van der Waals surface area contributed by atoms with E-state index in [1.165, 1.54) is 17.0 Å². The van der Waals surface area contributed by atoms with Crippen LogP contribution in [0.15, 0.2) is 54.6 Å². The third kappa shape index (κ3) is 10.8. The van der Waals surface area contributed by atoms with Crippen LogP contribution in [0.4, 0.5) is 0 Å². The van der Waals surface area contributed by atoms with Gasteiger partial charge in [0.05, 0.1) is 6.04 Å². The number of aliphatic carboxylic acids is 1. The number of hydrogen-bond acceptors (Lipinski definition) is 8. The molecule has 0 unspecified atom stereocenters. The minimum absolute atomic E-state index is 0.0778. The number of amides is 5. The number of carbonyl (C=O) groups excluding carboxylic acids is 5. The van der Waals surface area contributed by atoms with E-state index in [-0.39, 0.29) is 25.0 Å². The molecule has 5 atom stereocenters. The number of nitrogens with one attached hydrogen (secondary N) is 3. The van der Waals surface area contributed by atoms with Crippen molar-refractivity contribution in [1.82, 2.24) is 20.9 Å². The Bertz CT molecular complexity index is 1420. The normalized spacial score (nSPS) is 16.9. The van der Waals surface area contributed by atoms with Gasteiger partial charge in [0, 0.05) is 19.4 Å². The largest absolute Gasteiger partial charge is 0.508 e. The maximum Gasteiger partial charge on any atom is 0.303 e. The second kappa shape index (κ2) is 17.1. The summed E-state index contributed by atoms with van der Waals surface area (Å²) < 4.78 is 0. The van der Waals surface area contributed by atoms with E-state index in [1.807, 2.05) is 0 Å². The van der Waals surface area contributed by atoms with Gasteiger partial charge in [0.2, 0.25) is 29.5 Å². The summed E-state index contributed by atoms with van der Waals surface area (Å²) in [5.74, 6) is -4.82. The summed E-state index contributed by atoms with van der Waals surface area (Å²) >= 11 is 0. The van der Waals surface area contributed by atoms with Gasteiger partial charge in [-0.15, -0.1) is 0 Å². The van der Waals surface area contributed by atoms with Crippen molar-refractivity contribution < 1.29 is 39.0 Å². The molecule has 2 aromatic rings. The van der Waals surface area contributed by atoms with Crippen LogP contribution in [-0.4, -0.2) is 87.4 Å². The molecule has 0 saturated carbocycles. The first-order chi connectivity index (χ1) is 22.3. The Labute approximate surface area is 273 Å². The van der Waals surface area contributed by atoms with Gasteiger partial charge in [0.1, 0.15) is 29.9 Å². The van der Waals surface area contributed by atoms with E-state index in [9.17, 15) is 33.9 Å². The van der Waals surface area contributed by atoms with Gasteiger partial charge in [-0.25, -0.2) is 0 Å². The number of benzene rings is 2. The standard InChI is InChI=1S/C33H44N6O8/c1-19(2)28(32(46)36-24(29(35)43)14-15-27(41)42)38-30(44)25(18-20-7-4-3-5-8-20)37-31(45)26-9-6-16-39(26)33(47)23(34)17-21-10-12-22(40)13-11-21/h3-5,7-8,10-13,19,23-26,28,40H,6,9,14-18,34H2,1-2H3,(H2,35,43)(H,36,46)(H,37,45)(H,38,44)(H,41,42)/t23-,24-,25-,26-,28-/m0/s1. The van der Waals surface area contributed by atoms with E-state index < -0.39 is 78.1 Å². The number of likely N-dealkylation sites (tertiary alicyclic amines) is 1. The van der Waals surface area contributed by atoms with Gasteiger partial charge < -0.3 is 42.5 Å². The summed E-state index contributed by atoms with van der Waals surface area (Å²) in [5.41, 5.74) is 13.1. The van der Waals surface area contributed by atoms with Crippen molar-refractivity contribution in [3.63, 3.8) is 0 Å². The highest BCUT2D eigenvalue weighted by Crippen LogP contribution is 2.20. The molecule has 1 aliphatic rings. The van der Waals surface area contributed by atoms with Crippen LogP contribution in [0.5, 0.6) is 5.75 Å². The predicted molar refractivity (Wildman–Crippen MR) is 171 cm³/mol. The Hall–Kier alpha value is -4.98. The molecule has 5 amide bonds. The summed E-state index contributed by atoms with van der Waals surface area (Å²) in [6, 6.07) is 9.93. The highest BCUT2D eigenvalue weighted by Gasteiger charge is 2.38. The lowest BCUT2D eigenvalue weighted by molar-refractivity contribution is -0.140. The van der Waals surface area contributed by atoms with Gasteiger partial charge in [-0.1, -0.05) is 56.3 Å². The lowest BCUT2D eigenvalue weighted by Crippen LogP contribution is -2.60. The van der Waals surface area contributed by atoms with Crippen molar-refractivity contribution in [2.75, 3.05) is 6.54 Å². The molecule has 2 aromatic carbocycles. The third-order valence-electron chi connectivity index (χ3n) is 8.02. The number of carboxylic acids is 1. The maximum atomic E-state index is 13.7. The second-order valence-electron chi connectivity index (χ2n) is 12.0. The van der Waals surface area contributed by atoms with Crippen LogP contribution in [0.2, 0.25) is 0 Å². The van der Waals surface area contributed by atoms with Crippen molar-refractivity contribution in [3.05, 3.63) is 65.7 Å². The average Bonchev–Trinajstić information content (AvgIpc) is 3.52. The predicted octanol–water partition coefficient (Wildman–Crippen LogP) is -0.0438. The van der Waals surface area contributed by atoms with Crippen LogP contribution in [-0.2, 0) is 41.6 Å². The molecular weight excluding hydrogens is 608 g/mol. The van der Waals surface area contributed by atoms with E-state index in [0.717, 1.165) is 11.1 Å². The van der Waals surface area contributed by atoms with Crippen LogP contribution in [0.25, 0.3) is 0 Å². The molecule has 0 aliphatic carbocycles. The maximum absolute atomic E-state index is 13.7. The quantitative estimate of drug-likeness (QED) is 0.129. The summed E-state index contributed by atoms with van der Waals surface area (Å²) in [4.78, 5) is 78.2. The minimum Gasteiger partial charge on any atom is -0.508 e. The molecule has 1 heterocycles. The molecule has 0 radical (unpaired) electrons. The van der Waals surface area contributed by atoms with Crippen LogP contribution >= 0.6 is 0 Å². The van der Waals surface area contributed by atoms with Gasteiger partial charge in [0.25, 0.3) is 0 Å². The lowest BCUT2D eigenvalue weighted by atomic mass is 10.00. The SMILES string of the molecule is CC(C)[C@H](NC(=O)[C@H](Cc1ccccc1)NC(=O)[C@@H]1CCCN1C(=O)[C@@H](N)Cc1ccc(O)cc1)C(=O)N[C@@H](CCC(=O)O)C(N)=O. The van der Waals surface area contributed by atoms with E-state index >= 15 is 0 Å². The molecule has 14 heteroatoms. The van der Waals surface area contributed by atoms with Gasteiger partial charge in [-0.05, 0) is 54.9 Å². The summed E-state index contributed by atoms with van der Waals surface area (Å²) in [6.07, 6.45) is 0.578. The molecule has 1 saturated heterocycles. The fraction of sp³-hybridized carbons (Fsp3) is 0.455. The monoisotopic (exact) mass is 652 g/mol. The van der Waals surface area contributed by atoms with E-state index in [0.29, 0.717) is 19.4 Å².